The van der Waals surface area contributed by atoms with E-state index < -0.39 is 5.83 Å². The molecule has 0 aromatic carbocycles. The fourth-order valence-electron chi connectivity index (χ4n) is 0.411. The summed E-state index contributed by atoms with van der Waals surface area (Å²) in [6.45, 7) is 0. The first-order chi connectivity index (χ1) is 4.34. The van der Waals surface area contributed by atoms with Gasteiger partial charge in [0, 0.05) is 0 Å². The normalized spacial score (nSPS) is 16.9. The summed E-state index contributed by atoms with van der Waals surface area (Å²) in [5.74, 6) is -0.400. The van der Waals surface area contributed by atoms with Gasteiger partial charge in [-0.1, -0.05) is 20.7 Å². The van der Waals surface area contributed by atoms with Crippen molar-refractivity contribution in [2.45, 2.75) is 0 Å². The molecule has 0 unspecified atom stereocenters. The molecule has 0 aliphatic carbocycles. The van der Waals surface area contributed by atoms with Crippen LogP contribution in [-0.4, -0.2) is 4.01 Å². The Kier molecular flexibility index (Phi) is 2.11. The SMILES string of the molecule is N#CC1=C(F)C=CI=C1. The second kappa shape index (κ2) is 2.87. The highest BCUT2D eigenvalue weighted by atomic mass is 127. The van der Waals surface area contributed by atoms with Crippen molar-refractivity contribution in [2.24, 2.45) is 0 Å². The number of nitrogens with zero attached hydrogens (tertiary/aromatic N) is 1. The lowest BCUT2D eigenvalue weighted by atomic mass is 10.3. The summed E-state index contributed by atoms with van der Waals surface area (Å²) in [7, 11) is 0. The molecule has 46 valence electrons. The summed E-state index contributed by atoms with van der Waals surface area (Å²) >= 11 is -0.185. The van der Waals surface area contributed by atoms with Gasteiger partial charge in [0.2, 0.25) is 0 Å². The zero-order valence-corrected chi connectivity index (χ0v) is 6.59. The molecule has 0 fully saturated rings. The summed E-state index contributed by atoms with van der Waals surface area (Å²) < 4.78 is 15.9. The predicted molar refractivity (Wildman–Crippen MR) is 43.0 cm³/mol. The van der Waals surface area contributed by atoms with Crippen LogP contribution in [0.25, 0.3) is 0 Å². The Morgan fingerprint density at radius 3 is 2.89 bits per heavy atom. The number of rotatable bonds is 0. The summed E-state index contributed by atoms with van der Waals surface area (Å²) in [6.07, 6.45) is 1.37. The van der Waals surface area contributed by atoms with Gasteiger partial charge in [-0.2, -0.15) is 5.26 Å². The first kappa shape index (κ1) is 6.62. The van der Waals surface area contributed by atoms with Gasteiger partial charge in [-0.25, -0.2) is 4.39 Å². The van der Waals surface area contributed by atoms with Gasteiger partial charge in [0.25, 0.3) is 0 Å². The van der Waals surface area contributed by atoms with E-state index in [1.807, 2.05) is 0 Å². The smallest absolute Gasteiger partial charge is 0.141 e. The fourth-order valence-corrected chi connectivity index (χ4v) is 1.94. The van der Waals surface area contributed by atoms with Crippen LogP contribution < -0.4 is 0 Å². The highest BCUT2D eigenvalue weighted by molar-refractivity contribution is 14.2. The molecule has 1 aliphatic rings. The third kappa shape index (κ3) is 1.45. The number of hydrogen-bond acceptors (Lipinski definition) is 1. The molecule has 0 aromatic heterocycles. The minimum atomic E-state index is -0.400. The Labute approximate surface area is 62.2 Å². The van der Waals surface area contributed by atoms with Crippen molar-refractivity contribution in [1.82, 2.24) is 0 Å². The first-order valence-corrected chi connectivity index (χ1v) is 4.75. The average Bonchev–Trinajstić information content (AvgIpc) is 1.89. The number of hydrogen-bond donors (Lipinski definition) is 0. The van der Waals surface area contributed by atoms with Crippen molar-refractivity contribution in [3.63, 3.8) is 0 Å². The Balaban J connectivity index is 3.06. The minimum absolute atomic E-state index is 0.185. The molecule has 0 saturated carbocycles. The van der Waals surface area contributed by atoms with Crippen molar-refractivity contribution in [3.8, 4) is 6.07 Å². The van der Waals surface area contributed by atoms with E-state index in [4.69, 9.17) is 5.26 Å². The van der Waals surface area contributed by atoms with E-state index in [9.17, 15) is 4.39 Å². The van der Waals surface area contributed by atoms with Gasteiger partial charge in [0.1, 0.15) is 11.9 Å². The maximum Gasteiger partial charge on any atom is 0.141 e. The Bertz CT molecular complexity index is 244. The van der Waals surface area contributed by atoms with Crippen LogP contribution in [0.3, 0.4) is 0 Å². The van der Waals surface area contributed by atoms with E-state index in [0.717, 1.165) is 0 Å². The lowest BCUT2D eigenvalue weighted by Gasteiger charge is -1.91. The van der Waals surface area contributed by atoms with Crippen molar-refractivity contribution in [2.75, 3.05) is 0 Å². The topological polar surface area (TPSA) is 23.8 Å². The maximum atomic E-state index is 12.4. The third-order valence-corrected chi connectivity index (χ3v) is 2.59. The Hall–Kier alpha value is -0.500. The highest BCUT2D eigenvalue weighted by Gasteiger charge is 2.00. The van der Waals surface area contributed by atoms with Gasteiger partial charge >= 0.3 is 0 Å². The highest BCUT2D eigenvalue weighted by Crippen LogP contribution is 2.15. The van der Waals surface area contributed by atoms with Crippen LogP contribution in [0.5, 0.6) is 0 Å². The zero-order valence-electron chi connectivity index (χ0n) is 4.44. The molecule has 0 atom stereocenters. The first-order valence-electron chi connectivity index (χ1n) is 2.26. The molecule has 0 N–H and O–H groups in total. The third-order valence-electron chi connectivity index (χ3n) is 0.832. The van der Waals surface area contributed by atoms with Crippen LogP contribution in [0.4, 0.5) is 4.39 Å². The van der Waals surface area contributed by atoms with Crippen LogP contribution in [0.1, 0.15) is 0 Å². The standard InChI is InChI=1S/C6H3FIN/c7-6-1-2-8-3-5(6)4-9/h1-3H. The minimum Gasteiger partial charge on any atom is -0.206 e. The average molecular weight is 235 g/mol. The molecule has 0 amide bonds. The van der Waals surface area contributed by atoms with Crippen molar-refractivity contribution < 1.29 is 4.39 Å². The van der Waals surface area contributed by atoms with E-state index in [1.54, 1.807) is 14.2 Å². The molecule has 1 rings (SSSR count). The molecule has 0 radical (unpaired) electrons. The van der Waals surface area contributed by atoms with Crippen molar-refractivity contribution in [3.05, 3.63) is 21.6 Å². The van der Waals surface area contributed by atoms with Crippen LogP contribution in [-0.2, 0) is 0 Å². The Morgan fingerprint density at radius 1 is 1.67 bits per heavy atom. The monoisotopic (exact) mass is 235 g/mol. The number of halogens is 2. The molecule has 0 bridgehead atoms. The molecular weight excluding hydrogens is 232 g/mol. The van der Waals surface area contributed by atoms with E-state index >= 15 is 0 Å². The maximum absolute atomic E-state index is 12.4. The Morgan fingerprint density at radius 2 is 2.44 bits per heavy atom. The van der Waals surface area contributed by atoms with Gasteiger partial charge in [-0.3, -0.25) is 0 Å². The summed E-state index contributed by atoms with van der Waals surface area (Å²) in [6, 6.07) is 1.78. The van der Waals surface area contributed by atoms with Gasteiger partial charge in [0.15, 0.2) is 0 Å². The van der Waals surface area contributed by atoms with E-state index in [1.165, 1.54) is 6.08 Å². The van der Waals surface area contributed by atoms with Gasteiger partial charge in [-0.15, -0.1) is 0 Å². The number of nitriles is 1. The molecule has 0 aromatic rings. The largest absolute Gasteiger partial charge is 0.206 e. The van der Waals surface area contributed by atoms with Crippen molar-refractivity contribution >= 4 is 24.7 Å². The quantitative estimate of drug-likeness (QED) is 0.589. The second-order valence-corrected chi connectivity index (χ2v) is 3.46. The van der Waals surface area contributed by atoms with Crippen LogP contribution in [0.15, 0.2) is 21.6 Å². The number of allylic oxidation sites excluding steroid dienone is 3. The van der Waals surface area contributed by atoms with Gasteiger partial charge in [-0.05, 0) is 14.2 Å². The second-order valence-electron chi connectivity index (χ2n) is 1.40. The molecule has 1 heterocycles. The van der Waals surface area contributed by atoms with E-state index in [0.29, 0.717) is 0 Å². The van der Waals surface area contributed by atoms with Crippen LogP contribution >= 0.6 is 20.7 Å². The molecule has 9 heavy (non-hydrogen) atoms. The summed E-state index contributed by atoms with van der Waals surface area (Å²) in [5, 5.41) is 8.27. The molecule has 3 heteroatoms. The van der Waals surface area contributed by atoms with E-state index in [-0.39, 0.29) is 26.3 Å². The van der Waals surface area contributed by atoms with Crippen LogP contribution in [0, 0.1) is 11.3 Å². The lowest BCUT2D eigenvalue weighted by Crippen LogP contribution is -1.83. The summed E-state index contributed by atoms with van der Waals surface area (Å²) in [4.78, 5) is 0. The molecule has 0 saturated heterocycles. The predicted octanol–water partition coefficient (Wildman–Crippen LogP) is 2.03. The van der Waals surface area contributed by atoms with Crippen LogP contribution in [0.2, 0.25) is 0 Å². The van der Waals surface area contributed by atoms with E-state index in [2.05, 4.69) is 0 Å². The molecule has 1 aliphatic heterocycles. The molecule has 1 nitrogen and oxygen atoms in total. The summed E-state index contributed by atoms with van der Waals surface area (Å²) in [5.41, 5.74) is 0.199. The lowest BCUT2D eigenvalue weighted by molar-refractivity contribution is 0.665. The molecule has 0 spiro atoms. The van der Waals surface area contributed by atoms with Crippen molar-refractivity contribution in [1.29, 1.82) is 5.26 Å². The zero-order chi connectivity index (χ0) is 6.69. The van der Waals surface area contributed by atoms with Gasteiger partial charge in [0.05, 0.1) is 5.57 Å². The van der Waals surface area contributed by atoms with Gasteiger partial charge < -0.3 is 0 Å². The fraction of sp³-hybridized carbons (Fsp3) is 0. The molecular formula is C6H3FIN.